The van der Waals surface area contributed by atoms with Gasteiger partial charge in [-0.25, -0.2) is 0 Å². The number of ketones is 1. The maximum atomic E-state index is 11.9. The second-order valence-electron chi connectivity index (χ2n) is 5.79. The first-order valence-electron chi connectivity index (χ1n) is 7.21. The van der Waals surface area contributed by atoms with Gasteiger partial charge in [-0.3, -0.25) is 9.48 Å². The van der Waals surface area contributed by atoms with Crippen molar-refractivity contribution in [2.24, 2.45) is 5.92 Å². The molecule has 0 bridgehead atoms. The molecule has 18 heavy (non-hydrogen) atoms. The molecule has 0 atom stereocenters. The van der Waals surface area contributed by atoms with Crippen molar-refractivity contribution in [1.82, 2.24) is 9.78 Å². The van der Waals surface area contributed by atoms with Gasteiger partial charge in [0.05, 0.1) is 12.1 Å². The fourth-order valence-electron chi connectivity index (χ4n) is 2.71. The molecular weight excluding hydrogens is 224 g/mol. The van der Waals surface area contributed by atoms with E-state index in [9.17, 15) is 4.79 Å². The highest BCUT2D eigenvalue weighted by Crippen LogP contribution is 2.28. The molecule has 0 aliphatic heterocycles. The van der Waals surface area contributed by atoms with Gasteiger partial charge in [0.25, 0.3) is 0 Å². The van der Waals surface area contributed by atoms with Gasteiger partial charge in [-0.1, -0.05) is 25.7 Å². The molecule has 2 rings (SSSR count). The average molecular weight is 248 g/mol. The molecule has 0 spiro atoms. The maximum absolute atomic E-state index is 11.9. The zero-order valence-corrected chi connectivity index (χ0v) is 11.6. The van der Waals surface area contributed by atoms with Crippen LogP contribution in [0.2, 0.25) is 0 Å². The van der Waals surface area contributed by atoms with Crippen molar-refractivity contribution in [2.45, 2.75) is 64.8 Å². The van der Waals surface area contributed by atoms with E-state index in [-0.39, 0.29) is 0 Å². The van der Waals surface area contributed by atoms with Crippen LogP contribution < -0.4 is 0 Å². The van der Waals surface area contributed by atoms with Crippen molar-refractivity contribution in [1.29, 1.82) is 0 Å². The number of rotatable bonds is 6. The first-order valence-corrected chi connectivity index (χ1v) is 7.21. The molecule has 1 aliphatic carbocycles. The molecule has 1 aromatic rings. The topological polar surface area (TPSA) is 34.9 Å². The highest BCUT2D eigenvalue weighted by Gasteiger charge is 2.16. The molecule has 0 N–H and O–H groups in total. The summed E-state index contributed by atoms with van der Waals surface area (Å²) in [6, 6.07) is 2.33. The summed E-state index contributed by atoms with van der Waals surface area (Å²) in [5.41, 5.74) is 0.917. The zero-order valence-electron chi connectivity index (χ0n) is 11.6. The van der Waals surface area contributed by atoms with Crippen molar-refractivity contribution in [3.05, 3.63) is 18.0 Å². The number of carbonyl (C=O) groups excluding carboxylic acids is 1. The largest absolute Gasteiger partial charge is 0.299 e. The second kappa shape index (κ2) is 6.17. The molecule has 0 saturated heterocycles. The summed E-state index contributed by atoms with van der Waals surface area (Å²) >= 11 is 0. The summed E-state index contributed by atoms with van der Waals surface area (Å²) in [7, 11) is 0. The van der Waals surface area contributed by atoms with Crippen LogP contribution >= 0.6 is 0 Å². The van der Waals surface area contributed by atoms with Crippen LogP contribution in [0.4, 0.5) is 0 Å². The number of aromatic nitrogens is 2. The lowest BCUT2D eigenvalue weighted by Crippen LogP contribution is -2.07. The average Bonchev–Trinajstić information content (AvgIpc) is 2.96. The van der Waals surface area contributed by atoms with E-state index >= 15 is 0 Å². The third kappa shape index (κ3) is 3.69. The normalized spacial score (nSPS) is 16.6. The molecular formula is C15H24N2O. The van der Waals surface area contributed by atoms with Crippen LogP contribution in [0, 0.1) is 5.92 Å². The molecule has 1 heterocycles. The molecule has 3 nitrogen and oxygen atoms in total. The molecule has 1 aromatic heterocycles. The Labute approximate surface area is 110 Å². The summed E-state index contributed by atoms with van der Waals surface area (Å²) in [6.45, 7) is 4.19. The number of hydrogen-bond donors (Lipinski definition) is 0. The Bertz CT molecular complexity index is 389. The first kappa shape index (κ1) is 13.3. The summed E-state index contributed by atoms with van der Waals surface area (Å²) in [5.74, 6) is 1.15. The standard InChI is InChI=1S/C15H24N2O/c1-12(2)17-10-9-14(16-17)11-15(18)8-7-13-5-3-4-6-13/h9-10,12-13H,3-8,11H2,1-2H3. The SMILES string of the molecule is CC(C)n1ccc(CC(=O)CCC2CCCC2)n1. The lowest BCUT2D eigenvalue weighted by molar-refractivity contribution is -0.118. The van der Waals surface area contributed by atoms with Crippen LogP contribution in [0.1, 0.15) is 64.1 Å². The van der Waals surface area contributed by atoms with E-state index in [0.717, 1.165) is 24.5 Å². The van der Waals surface area contributed by atoms with Gasteiger partial charge >= 0.3 is 0 Å². The van der Waals surface area contributed by atoms with E-state index in [4.69, 9.17) is 0 Å². The summed E-state index contributed by atoms with van der Waals surface area (Å²) in [4.78, 5) is 11.9. The number of hydrogen-bond acceptors (Lipinski definition) is 2. The molecule has 1 aliphatic rings. The molecule has 0 aromatic carbocycles. The van der Waals surface area contributed by atoms with Crippen LogP contribution in [0.15, 0.2) is 12.3 Å². The Morgan fingerprint density at radius 2 is 2.17 bits per heavy atom. The second-order valence-corrected chi connectivity index (χ2v) is 5.79. The van der Waals surface area contributed by atoms with Crippen LogP contribution in [0.5, 0.6) is 0 Å². The Balaban J connectivity index is 1.75. The van der Waals surface area contributed by atoms with Gasteiger partial charge in [-0.2, -0.15) is 5.10 Å². The zero-order chi connectivity index (χ0) is 13.0. The van der Waals surface area contributed by atoms with E-state index in [1.165, 1.54) is 25.7 Å². The molecule has 100 valence electrons. The van der Waals surface area contributed by atoms with Gasteiger partial charge in [0, 0.05) is 18.7 Å². The van der Waals surface area contributed by atoms with Crippen LogP contribution in [0.25, 0.3) is 0 Å². The van der Waals surface area contributed by atoms with Gasteiger partial charge in [-0.15, -0.1) is 0 Å². The third-order valence-corrected chi connectivity index (χ3v) is 3.88. The van der Waals surface area contributed by atoms with E-state index in [1.807, 2.05) is 16.9 Å². The Morgan fingerprint density at radius 1 is 1.44 bits per heavy atom. The predicted molar refractivity (Wildman–Crippen MR) is 72.5 cm³/mol. The lowest BCUT2D eigenvalue weighted by atomic mass is 9.99. The number of carbonyl (C=O) groups is 1. The quantitative estimate of drug-likeness (QED) is 0.771. The minimum Gasteiger partial charge on any atom is -0.299 e. The summed E-state index contributed by atoms with van der Waals surface area (Å²) in [5, 5.41) is 4.43. The van der Waals surface area contributed by atoms with Crippen molar-refractivity contribution in [2.75, 3.05) is 0 Å². The Kier molecular flexibility index (Phi) is 4.56. The van der Waals surface area contributed by atoms with Crippen molar-refractivity contribution >= 4 is 5.78 Å². The monoisotopic (exact) mass is 248 g/mol. The van der Waals surface area contributed by atoms with Crippen molar-refractivity contribution < 1.29 is 4.79 Å². The summed E-state index contributed by atoms with van der Waals surface area (Å²) < 4.78 is 1.92. The minimum atomic E-state index is 0.343. The van der Waals surface area contributed by atoms with E-state index < -0.39 is 0 Å². The molecule has 3 heteroatoms. The fourth-order valence-corrected chi connectivity index (χ4v) is 2.71. The Hall–Kier alpha value is -1.12. The number of Topliss-reactive ketones (excluding diaryl/α,β-unsaturated/α-hetero) is 1. The molecule has 0 unspecified atom stereocenters. The molecule has 0 radical (unpaired) electrons. The van der Waals surface area contributed by atoms with E-state index in [2.05, 4.69) is 18.9 Å². The van der Waals surface area contributed by atoms with Crippen LogP contribution in [-0.4, -0.2) is 15.6 Å². The first-order chi connectivity index (χ1) is 8.65. The highest BCUT2D eigenvalue weighted by molar-refractivity contribution is 5.80. The summed E-state index contributed by atoms with van der Waals surface area (Å²) in [6.07, 6.45) is 9.67. The van der Waals surface area contributed by atoms with Gasteiger partial charge in [-0.05, 0) is 32.3 Å². The minimum absolute atomic E-state index is 0.343. The third-order valence-electron chi connectivity index (χ3n) is 3.88. The molecule has 1 saturated carbocycles. The van der Waals surface area contributed by atoms with Gasteiger partial charge < -0.3 is 0 Å². The predicted octanol–water partition coefficient (Wildman–Crippen LogP) is 3.55. The maximum Gasteiger partial charge on any atom is 0.138 e. The van der Waals surface area contributed by atoms with Crippen LogP contribution in [-0.2, 0) is 11.2 Å². The molecule has 0 amide bonds. The molecule has 1 fully saturated rings. The van der Waals surface area contributed by atoms with E-state index in [0.29, 0.717) is 18.2 Å². The highest BCUT2D eigenvalue weighted by atomic mass is 16.1. The fraction of sp³-hybridized carbons (Fsp3) is 0.733. The van der Waals surface area contributed by atoms with Crippen LogP contribution in [0.3, 0.4) is 0 Å². The van der Waals surface area contributed by atoms with Gasteiger partial charge in [0.1, 0.15) is 5.78 Å². The van der Waals surface area contributed by atoms with Crippen molar-refractivity contribution in [3.63, 3.8) is 0 Å². The van der Waals surface area contributed by atoms with E-state index in [1.54, 1.807) is 0 Å². The lowest BCUT2D eigenvalue weighted by Gasteiger charge is -2.07. The Morgan fingerprint density at radius 3 is 2.78 bits per heavy atom. The number of nitrogens with zero attached hydrogens (tertiary/aromatic N) is 2. The smallest absolute Gasteiger partial charge is 0.138 e. The van der Waals surface area contributed by atoms with Crippen molar-refractivity contribution in [3.8, 4) is 0 Å². The van der Waals surface area contributed by atoms with Gasteiger partial charge in [0.2, 0.25) is 0 Å². The van der Waals surface area contributed by atoms with Gasteiger partial charge in [0.15, 0.2) is 0 Å².